The van der Waals surface area contributed by atoms with Gasteiger partial charge >= 0.3 is 0 Å². The molecule has 0 saturated carbocycles. The molecule has 2 aromatic rings. The topological polar surface area (TPSA) is 52.3 Å². The normalized spacial score (nSPS) is 10.3. The number of carbonyl (C=O) groups excluding carboxylic acids is 1. The average molecular weight is 276 g/mol. The summed E-state index contributed by atoms with van der Waals surface area (Å²) in [5, 5.41) is 0.562. The number of rotatable bonds is 3. The summed E-state index contributed by atoms with van der Waals surface area (Å²) in [6, 6.07) is 10.2. The summed E-state index contributed by atoms with van der Waals surface area (Å²) in [6.45, 7) is 1.89. The molecule has 0 radical (unpaired) electrons. The molecular weight excluding hydrogens is 262 g/mol. The van der Waals surface area contributed by atoms with Gasteiger partial charge in [0.15, 0.2) is 5.78 Å². The fourth-order valence-corrected chi connectivity index (χ4v) is 1.93. The lowest BCUT2D eigenvalue weighted by atomic mass is 10.0. The number of nitrogen functional groups attached to an aromatic ring is 1. The van der Waals surface area contributed by atoms with Gasteiger partial charge in [-0.2, -0.15) is 0 Å². The summed E-state index contributed by atoms with van der Waals surface area (Å²) in [5.41, 5.74) is 8.11. The van der Waals surface area contributed by atoms with Crippen LogP contribution in [0.3, 0.4) is 0 Å². The summed E-state index contributed by atoms with van der Waals surface area (Å²) in [4.78, 5) is 12.4. The first-order valence-corrected chi connectivity index (χ1v) is 6.15. The predicted molar refractivity (Wildman–Crippen MR) is 77.0 cm³/mol. The van der Waals surface area contributed by atoms with E-state index in [0.717, 1.165) is 5.56 Å². The number of benzene rings is 2. The number of methoxy groups -OCH3 is 1. The van der Waals surface area contributed by atoms with Crippen molar-refractivity contribution in [3.63, 3.8) is 0 Å². The molecule has 0 aliphatic carbocycles. The van der Waals surface area contributed by atoms with Gasteiger partial charge in [-0.3, -0.25) is 4.79 Å². The third-order valence-corrected chi connectivity index (χ3v) is 3.35. The van der Waals surface area contributed by atoms with E-state index in [1.165, 1.54) is 0 Å². The van der Waals surface area contributed by atoms with E-state index < -0.39 is 0 Å². The second-order valence-electron chi connectivity index (χ2n) is 4.25. The van der Waals surface area contributed by atoms with Crippen LogP contribution in [0.5, 0.6) is 5.75 Å². The molecule has 2 rings (SSSR count). The Kier molecular flexibility index (Phi) is 3.76. The summed E-state index contributed by atoms with van der Waals surface area (Å²) in [6.07, 6.45) is 0. The first kappa shape index (κ1) is 13.4. The standard InChI is InChI=1S/C15H14ClNO2/c1-9-3-4-10(7-13(9)16)15(18)12-8-11(19-2)5-6-14(12)17/h3-8H,17H2,1-2H3. The van der Waals surface area contributed by atoms with Crippen molar-refractivity contribution in [1.29, 1.82) is 0 Å². The number of anilines is 1. The fraction of sp³-hybridized carbons (Fsp3) is 0.133. The molecule has 0 aromatic heterocycles. The SMILES string of the molecule is COc1ccc(N)c(C(=O)c2ccc(C)c(Cl)c2)c1. The van der Waals surface area contributed by atoms with Gasteiger partial charge in [0.05, 0.1) is 7.11 Å². The highest BCUT2D eigenvalue weighted by Gasteiger charge is 2.14. The predicted octanol–water partition coefficient (Wildman–Crippen LogP) is 3.47. The quantitative estimate of drug-likeness (QED) is 0.689. The van der Waals surface area contributed by atoms with Crippen molar-refractivity contribution in [2.45, 2.75) is 6.92 Å². The van der Waals surface area contributed by atoms with E-state index in [0.29, 0.717) is 27.6 Å². The molecule has 0 fully saturated rings. The lowest BCUT2D eigenvalue weighted by Gasteiger charge is -2.08. The second-order valence-corrected chi connectivity index (χ2v) is 4.65. The molecule has 0 amide bonds. The van der Waals surface area contributed by atoms with Crippen molar-refractivity contribution in [3.8, 4) is 5.75 Å². The maximum absolute atomic E-state index is 12.4. The number of ketones is 1. The van der Waals surface area contributed by atoms with Gasteiger partial charge in [-0.1, -0.05) is 23.7 Å². The molecule has 0 atom stereocenters. The van der Waals surface area contributed by atoms with Crippen molar-refractivity contribution in [1.82, 2.24) is 0 Å². The number of nitrogens with two attached hydrogens (primary N) is 1. The third kappa shape index (κ3) is 2.71. The average Bonchev–Trinajstić information content (AvgIpc) is 2.41. The Hall–Kier alpha value is -2.00. The first-order chi connectivity index (χ1) is 9.02. The number of hydrogen-bond donors (Lipinski definition) is 1. The molecule has 0 spiro atoms. The smallest absolute Gasteiger partial charge is 0.195 e. The number of ether oxygens (including phenoxy) is 1. The van der Waals surface area contributed by atoms with E-state index in [-0.39, 0.29) is 5.78 Å². The van der Waals surface area contributed by atoms with Gasteiger partial charge in [0.1, 0.15) is 5.75 Å². The lowest BCUT2D eigenvalue weighted by Crippen LogP contribution is -2.06. The molecule has 2 N–H and O–H groups in total. The van der Waals surface area contributed by atoms with Gasteiger partial charge < -0.3 is 10.5 Å². The molecule has 0 heterocycles. The van der Waals surface area contributed by atoms with E-state index in [9.17, 15) is 4.79 Å². The van der Waals surface area contributed by atoms with Gasteiger partial charge in [0.2, 0.25) is 0 Å². The molecule has 3 nitrogen and oxygen atoms in total. The highest BCUT2D eigenvalue weighted by molar-refractivity contribution is 6.32. The zero-order valence-corrected chi connectivity index (χ0v) is 11.5. The minimum absolute atomic E-state index is 0.168. The van der Waals surface area contributed by atoms with E-state index in [4.69, 9.17) is 22.1 Å². The monoisotopic (exact) mass is 275 g/mol. The van der Waals surface area contributed by atoms with E-state index in [2.05, 4.69) is 0 Å². The molecule has 4 heteroatoms. The number of halogens is 1. The zero-order valence-electron chi connectivity index (χ0n) is 10.7. The van der Waals surface area contributed by atoms with Crippen LogP contribution in [-0.4, -0.2) is 12.9 Å². The Balaban J connectivity index is 2.46. The largest absolute Gasteiger partial charge is 0.497 e. The number of carbonyl (C=O) groups is 1. The maximum Gasteiger partial charge on any atom is 0.195 e. The van der Waals surface area contributed by atoms with Gasteiger partial charge in [-0.05, 0) is 36.8 Å². The summed E-state index contributed by atoms with van der Waals surface area (Å²) in [5.74, 6) is 0.425. The molecule has 0 bridgehead atoms. The van der Waals surface area contributed by atoms with Crippen LogP contribution in [0.15, 0.2) is 36.4 Å². The third-order valence-electron chi connectivity index (χ3n) is 2.94. The van der Waals surface area contributed by atoms with Crippen LogP contribution in [0.1, 0.15) is 21.5 Å². The Morgan fingerprint density at radius 2 is 1.95 bits per heavy atom. The van der Waals surface area contributed by atoms with E-state index >= 15 is 0 Å². The van der Waals surface area contributed by atoms with Crippen LogP contribution in [-0.2, 0) is 0 Å². The molecule has 0 unspecified atom stereocenters. The summed E-state index contributed by atoms with van der Waals surface area (Å²) in [7, 11) is 1.54. The Labute approximate surface area is 117 Å². The minimum Gasteiger partial charge on any atom is -0.497 e. The molecule has 0 aliphatic heterocycles. The molecule has 19 heavy (non-hydrogen) atoms. The van der Waals surface area contributed by atoms with Crippen LogP contribution >= 0.6 is 11.6 Å². The molecular formula is C15H14ClNO2. The maximum atomic E-state index is 12.4. The van der Waals surface area contributed by atoms with Crippen LogP contribution in [0.4, 0.5) is 5.69 Å². The summed E-state index contributed by atoms with van der Waals surface area (Å²) < 4.78 is 5.10. The highest BCUT2D eigenvalue weighted by Crippen LogP contribution is 2.24. The van der Waals surface area contributed by atoms with Crippen LogP contribution in [0, 0.1) is 6.92 Å². The van der Waals surface area contributed by atoms with Crippen molar-refractivity contribution in [2.24, 2.45) is 0 Å². The van der Waals surface area contributed by atoms with E-state index in [1.807, 2.05) is 13.0 Å². The Bertz CT molecular complexity index is 638. The molecule has 2 aromatic carbocycles. The van der Waals surface area contributed by atoms with Crippen molar-refractivity contribution in [2.75, 3.05) is 12.8 Å². The van der Waals surface area contributed by atoms with Crippen LogP contribution in [0.25, 0.3) is 0 Å². The van der Waals surface area contributed by atoms with Crippen molar-refractivity contribution >= 4 is 23.1 Å². The Morgan fingerprint density at radius 3 is 2.58 bits per heavy atom. The minimum atomic E-state index is -0.168. The van der Waals surface area contributed by atoms with Gasteiger partial charge in [-0.25, -0.2) is 0 Å². The van der Waals surface area contributed by atoms with Crippen LogP contribution in [0.2, 0.25) is 5.02 Å². The van der Waals surface area contributed by atoms with Gasteiger partial charge in [0, 0.05) is 21.8 Å². The van der Waals surface area contributed by atoms with Crippen LogP contribution < -0.4 is 10.5 Å². The number of hydrogen-bond acceptors (Lipinski definition) is 3. The molecule has 0 saturated heterocycles. The van der Waals surface area contributed by atoms with Gasteiger partial charge in [-0.15, -0.1) is 0 Å². The molecule has 0 aliphatic rings. The Morgan fingerprint density at radius 1 is 1.21 bits per heavy atom. The van der Waals surface area contributed by atoms with Crippen molar-refractivity contribution in [3.05, 3.63) is 58.1 Å². The van der Waals surface area contributed by atoms with Gasteiger partial charge in [0.25, 0.3) is 0 Å². The zero-order chi connectivity index (χ0) is 14.0. The lowest BCUT2D eigenvalue weighted by molar-refractivity contribution is 0.103. The van der Waals surface area contributed by atoms with Crippen molar-refractivity contribution < 1.29 is 9.53 Å². The highest BCUT2D eigenvalue weighted by atomic mass is 35.5. The first-order valence-electron chi connectivity index (χ1n) is 5.77. The second kappa shape index (κ2) is 5.33. The summed E-state index contributed by atoms with van der Waals surface area (Å²) >= 11 is 6.04. The number of aryl methyl sites for hydroxylation is 1. The van der Waals surface area contributed by atoms with E-state index in [1.54, 1.807) is 37.4 Å². The molecule has 98 valence electrons. The fourth-order valence-electron chi connectivity index (χ4n) is 1.75.